The second-order valence-corrected chi connectivity index (χ2v) is 2.85. The van der Waals surface area contributed by atoms with Gasteiger partial charge in [0.2, 0.25) is 0 Å². The number of nitrogens with one attached hydrogen (secondary N) is 1. The van der Waals surface area contributed by atoms with Gasteiger partial charge < -0.3 is 5.01 Å². The number of hydrogen-bond donors (Lipinski definition) is 1. The Morgan fingerprint density at radius 3 is 2.60 bits per heavy atom. The average Bonchev–Trinajstić information content (AvgIpc) is 2.20. The summed E-state index contributed by atoms with van der Waals surface area (Å²) in [6.45, 7) is 8.71. The SMILES string of the molecule is CCCN1NCC(C)=C1C. The van der Waals surface area contributed by atoms with Crippen LogP contribution in [0.1, 0.15) is 27.2 Å². The minimum atomic E-state index is 1.03. The van der Waals surface area contributed by atoms with E-state index in [1.54, 1.807) is 0 Å². The van der Waals surface area contributed by atoms with E-state index in [9.17, 15) is 0 Å². The first-order chi connectivity index (χ1) is 4.75. The van der Waals surface area contributed by atoms with Gasteiger partial charge in [-0.2, -0.15) is 0 Å². The molecule has 1 heterocycles. The third kappa shape index (κ3) is 1.32. The molecule has 0 saturated heterocycles. The van der Waals surface area contributed by atoms with Crippen LogP contribution >= 0.6 is 0 Å². The van der Waals surface area contributed by atoms with Crippen LogP contribution in [0.4, 0.5) is 0 Å². The fourth-order valence-corrected chi connectivity index (χ4v) is 1.16. The second-order valence-electron chi connectivity index (χ2n) is 2.85. The van der Waals surface area contributed by atoms with Gasteiger partial charge in [-0.15, -0.1) is 0 Å². The van der Waals surface area contributed by atoms with Crippen molar-refractivity contribution < 1.29 is 0 Å². The molecule has 58 valence electrons. The van der Waals surface area contributed by atoms with Gasteiger partial charge in [-0.25, -0.2) is 5.43 Å². The smallest absolute Gasteiger partial charge is 0.0378 e. The van der Waals surface area contributed by atoms with Crippen LogP contribution < -0.4 is 5.43 Å². The molecule has 0 bridgehead atoms. The second kappa shape index (κ2) is 3.06. The molecule has 0 amide bonds. The molecular weight excluding hydrogens is 124 g/mol. The molecule has 1 N–H and O–H groups in total. The quantitative estimate of drug-likeness (QED) is 0.625. The molecule has 0 spiro atoms. The van der Waals surface area contributed by atoms with E-state index in [1.165, 1.54) is 17.7 Å². The molecule has 0 aromatic carbocycles. The molecule has 2 heteroatoms. The maximum atomic E-state index is 3.32. The lowest BCUT2D eigenvalue weighted by atomic mass is 10.2. The Bertz CT molecular complexity index is 149. The first-order valence-corrected chi connectivity index (χ1v) is 3.93. The van der Waals surface area contributed by atoms with Crippen molar-refractivity contribution in [3.8, 4) is 0 Å². The van der Waals surface area contributed by atoms with E-state index in [1.807, 2.05) is 0 Å². The third-order valence-corrected chi connectivity index (χ3v) is 2.00. The summed E-state index contributed by atoms with van der Waals surface area (Å²) >= 11 is 0. The van der Waals surface area contributed by atoms with Crippen molar-refractivity contribution in [3.05, 3.63) is 11.3 Å². The van der Waals surface area contributed by atoms with E-state index in [2.05, 4.69) is 31.2 Å². The van der Waals surface area contributed by atoms with E-state index in [4.69, 9.17) is 0 Å². The highest BCUT2D eigenvalue weighted by Gasteiger charge is 2.12. The molecule has 0 unspecified atom stereocenters. The van der Waals surface area contributed by atoms with E-state index in [-0.39, 0.29) is 0 Å². The molecule has 1 aliphatic rings. The molecular formula is C8H16N2. The normalized spacial score (nSPS) is 18.9. The number of rotatable bonds is 2. The first-order valence-electron chi connectivity index (χ1n) is 3.93. The minimum Gasteiger partial charge on any atom is -0.313 e. The van der Waals surface area contributed by atoms with E-state index >= 15 is 0 Å². The zero-order valence-corrected chi connectivity index (χ0v) is 7.07. The number of allylic oxidation sites excluding steroid dienone is 1. The van der Waals surface area contributed by atoms with Crippen molar-refractivity contribution in [2.45, 2.75) is 27.2 Å². The zero-order chi connectivity index (χ0) is 7.56. The predicted octanol–water partition coefficient (Wildman–Crippen LogP) is 1.51. The van der Waals surface area contributed by atoms with Crippen LogP contribution in [0.3, 0.4) is 0 Å². The van der Waals surface area contributed by atoms with Gasteiger partial charge in [0, 0.05) is 18.8 Å². The van der Waals surface area contributed by atoms with Crippen LogP contribution in [-0.2, 0) is 0 Å². The Morgan fingerprint density at radius 1 is 1.50 bits per heavy atom. The van der Waals surface area contributed by atoms with Crippen LogP contribution in [0.25, 0.3) is 0 Å². The standard InChI is InChI=1S/C8H16N2/c1-4-5-10-8(3)7(2)6-9-10/h9H,4-6H2,1-3H3. The summed E-state index contributed by atoms with van der Waals surface area (Å²) in [6.07, 6.45) is 1.21. The van der Waals surface area contributed by atoms with Crippen molar-refractivity contribution in [3.63, 3.8) is 0 Å². The van der Waals surface area contributed by atoms with Gasteiger partial charge in [0.1, 0.15) is 0 Å². The van der Waals surface area contributed by atoms with Crippen molar-refractivity contribution in [1.82, 2.24) is 10.4 Å². The van der Waals surface area contributed by atoms with Crippen LogP contribution in [0.5, 0.6) is 0 Å². The van der Waals surface area contributed by atoms with Crippen LogP contribution in [0, 0.1) is 0 Å². The molecule has 0 aliphatic carbocycles. The van der Waals surface area contributed by atoms with Crippen molar-refractivity contribution in [1.29, 1.82) is 0 Å². The molecule has 10 heavy (non-hydrogen) atoms. The van der Waals surface area contributed by atoms with E-state index in [0.717, 1.165) is 13.1 Å². The Balaban J connectivity index is 2.50. The van der Waals surface area contributed by atoms with Gasteiger partial charge in [-0.1, -0.05) is 6.92 Å². The monoisotopic (exact) mass is 140 g/mol. The highest BCUT2D eigenvalue weighted by Crippen LogP contribution is 2.12. The highest BCUT2D eigenvalue weighted by molar-refractivity contribution is 5.14. The molecule has 1 rings (SSSR count). The molecule has 0 fully saturated rings. The first kappa shape index (κ1) is 7.61. The van der Waals surface area contributed by atoms with Crippen LogP contribution in [0.2, 0.25) is 0 Å². The van der Waals surface area contributed by atoms with Gasteiger partial charge in [-0.05, 0) is 25.8 Å². The molecule has 0 atom stereocenters. The summed E-state index contributed by atoms with van der Waals surface area (Å²) in [5.41, 5.74) is 6.19. The topological polar surface area (TPSA) is 15.3 Å². The summed E-state index contributed by atoms with van der Waals surface area (Å²) in [7, 11) is 0. The number of hydrazine groups is 1. The number of nitrogens with zero attached hydrogens (tertiary/aromatic N) is 1. The van der Waals surface area contributed by atoms with Gasteiger partial charge in [-0.3, -0.25) is 0 Å². The fraction of sp³-hybridized carbons (Fsp3) is 0.750. The Kier molecular flexibility index (Phi) is 2.33. The van der Waals surface area contributed by atoms with Crippen molar-refractivity contribution in [2.24, 2.45) is 0 Å². The van der Waals surface area contributed by atoms with E-state index < -0.39 is 0 Å². The predicted molar refractivity (Wildman–Crippen MR) is 43.4 cm³/mol. The third-order valence-electron chi connectivity index (χ3n) is 2.00. The zero-order valence-electron chi connectivity index (χ0n) is 7.07. The molecule has 0 radical (unpaired) electrons. The van der Waals surface area contributed by atoms with Gasteiger partial charge in [0.05, 0.1) is 0 Å². The highest BCUT2D eigenvalue weighted by atomic mass is 15.5. The van der Waals surface area contributed by atoms with Gasteiger partial charge >= 0.3 is 0 Å². The minimum absolute atomic E-state index is 1.03. The maximum Gasteiger partial charge on any atom is 0.0378 e. The molecule has 0 saturated carbocycles. The van der Waals surface area contributed by atoms with Crippen molar-refractivity contribution >= 4 is 0 Å². The van der Waals surface area contributed by atoms with E-state index in [0.29, 0.717) is 0 Å². The Labute approximate surface area is 62.9 Å². The van der Waals surface area contributed by atoms with Gasteiger partial charge in [0.25, 0.3) is 0 Å². The van der Waals surface area contributed by atoms with Crippen LogP contribution in [0.15, 0.2) is 11.3 Å². The van der Waals surface area contributed by atoms with Crippen molar-refractivity contribution in [2.75, 3.05) is 13.1 Å². The largest absolute Gasteiger partial charge is 0.313 e. The summed E-state index contributed by atoms with van der Waals surface area (Å²) < 4.78 is 0. The Hall–Kier alpha value is -0.500. The lowest BCUT2D eigenvalue weighted by Crippen LogP contribution is -2.31. The Morgan fingerprint density at radius 2 is 2.20 bits per heavy atom. The van der Waals surface area contributed by atoms with Crippen LogP contribution in [-0.4, -0.2) is 18.1 Å². The summed E-state index contributed by atoms with van der Waals surface area (Å²) in [6, 6.07) is 0. The van der Waals surface area contributed by atoms with Gasteiger partial charge in [0.15, 0.2) is 0 Å². The lowest BCUT2D eigenvalue weighted by Gasteiger charge is -2.18. The molecule has 1 aliphatic heterocycles. The summed E-state index contributed by atoms with van der Waals surface area (Å²) in [5.74, 6) is 0. The molecule has 0 aromatic rings. The molecule has 0 aromatic heterocycles. The molecule has 2 nitrogen and oxygen atoms in total. The summed E-state index contributed by atoms with van der Waals surface area (Å²) in [5, 5.41) is 2.23. The number of hydrogen-bond acceptors (Lipinski definition) is 2. The summed E-state index contributed by atoms with van der Waals surface area (Å²) in [4.78, 5) is 0. The fourth-order valence-electron chi connectivity index (χ4n) is 1.16. The maximum absolute atomic E-state index is 3.32. The lowest BCUT2D eigenvalue weighted by molar-refractivity contribution is 0.283. The average molecular weight is 140 g/mol.